The summed E-state index contributed by atoms with van der Waals surface area (Å²) in [4.78, 5) is 4.25. The summed E-state index contributed by atoms with van der Waals surface area (Å²) in [6.45, 7) is 3.43. The van der Waals surface area contributed by atoms with Crippen molar-refractivity contribution >= 4 is 22.5 Å². The van der Waals surface area contributed by atoms with Crippen LogP contribution in [0, 0.1) is 6.92 Å². The van der Waals surface area contributed by atoms with Crippen LogP contribution in [0.4, 0.5) is 26.3 Å². The number of aromatic nitrogens is 2. The number of nitrogens with zero attached hydrogens (tertiary/aromatic N) is 2. The molecule has 0 bridgehead atoms. The number of oxazole rings is 1. The molecule has 0 saturated heterocycles. The molecule has 2 heterocycles. The average molecular weight is 503 g/mol. The van der Waals surface area contributed by atoms with Crippen LogP contribution in [0.1, 0.15) is 29.4 Å². The van der Waals surface area contributed by atoms with Gasteiger partial charge >= 0.3 is 12.4 Å². The van der Waals surface area contributed by atoms with E-state index in [2.05, 4.69) is 4.98 Å². The second kappa shape index (κ2) is 7.78. The lowest BCUT2D eigenvalue weighted by Crippen LogP contribution is -2.53. The molecule has 11 heteroatoms. The van der Waals surface area contributed by atoms with E-state index >= 15 is 0 Å². The van der Waals surface area contributed by atoms with E-state index in [0.29, 0.717) is 39.6 Å². The summed E-state index contributed by atoms with van der Waals surface area (Å²) in [6, 6.07) is 10.7. The molecule has 0 fully saturated rings. The fourth-order valence-corrected chi connectivity index (χ4v) is 4.49. The summed E-state index contributed by atoms with van der Waals surface area (Å²) in [5, 5.41) is 10.3. The van der Waals surface area contributed by atoms with Crippen molar-refractivity contribution in [1.82, 2.24) is 9.55 Å². The molecule has 0 saturated carbocycles. The van der Waals surface area contributed by atoms with Crippen molar-refractivity contribution in [2.75, 3.05) is 0 Å². The Morgan fingerprint density at radius 3 is 2.18 bits per heavy atom. The third kappa shape index (κ3) is 3.47. The van der Waals surface area contributed by atoms with E-state index in [0.717, 1.165) is 6.07 Å². The van der Waals surface area contributed by atoms with Crippen LogP contribution < -0.4 is 0 Å². The van der Waals surface area contributed by atoms with Crippen molar-refractivity contribution in [2.24, 2.45) is 0 Å². The zero-order valence-corrected chi connectivity index (χ0v) is 18.4. The molecular weight excluding hydrogens is 486 g/mol. The minimum Gasteiger partial charge on any atom is -0.451 e. The van der Waals surface area contributed by atoms with Crippen LogP contribution >= 0.6 is 11.6 Å². The van der Waals surface area contributed by atoms with Crippen molar-refractivity contribution in [3.63, 3.8) is 0 Å². The highest BCUT2D eigenvalue weighted by Crippen LogP contribution is 2.51. The molecule has 4 aromatic rings. The number of hydrogen-bond donors (Lipinski definition) is 1. The van der Waals surface area contributed by atoms with Gasteiger partial charge < -0.3 is 14.1 Å². The topological polar surface area (TPSA) is 51.2 Å². The summed E-state index contributed by atoms with van der Waals surface area (Å²) in [6.07, 6.45) is -9.35. The first-order chi connectivity index (χ1) is 15.7. The number of alkyl halides is 6. The molecule has 2 aromatic carbocycles. The predicted molar refractivity (Wildman–Crippen MR) is 112 cm³/mol. The van der Waals surface area contributed by atoms with Gasteiger partial charge in [-0.1, -0.05) is 29.8 Å². The molecule has 1 atom stereocenters. The molecule has 2 aromatic heterocycles. The molecule has 4 nitrogen and oxygen atoms in total. The van der Waals surface area contributed by atoms with Crippen LogP contribution in [0.5, 0.6) is 0 Å². The fraction of sp³-hybridized carbons (Fsp3) is 0.261. The maximum absolute atomic E-state index is 13.4. The predicted octanol–water partition coefficient (Wildman–Crippen LogP) is 6.72. The quantitative estimate of drug-likeness (QED) is 0.315. The van der Waals surface area contributed by atoms with Gasteiger partial charge in [0.05, 0.1) is 0 Å². The summed E-state index contributed by atoms with van der Waals surface area (Å²) >= 11 is 6.19. The Kier molecular flexibility index (Phi) is 5.52. The lowest BCUT2D eigenvalue weighted by molar-refractivity contribution is -0.376. The fourth-order valence-electron chi connectivity index (χ4n) is 4.30. The van der Waals surface area contributed by atoms with Gasteiger partial charge in [-0.15, -0.1) is 0 Å². The molecule has 0 spiro atoms. The highest BCUT2D eigenvalue weighted by molar-refractivity contribution is 6.30. The molecule has 34 heavy (non-hydrogen) atoms. The molecule has 0 aliphatic rings. The lowest BCUT2D eigenvalue weighted by atomic mass is 9.87. The molecule has 180 valence electrons. The first-order valence-electron chi connectivity index (χ1n) is 9.85. The number of fused-ring (bicyclic) bond motifs is 1. The molecule has 4 rings (SSSR count). The first-order valence-corrected chi connectivity index (χ1v) is 10.2. The summed E-state index contributed by atoms with van der Waals surface area (Å²) in [5.74, 6) is 0. The smallest absolute Gasteiger partial charge is 0.430 e. The van der Waals surface area contributed by atoms with Gasteiger partial charge in [0.25, 0.3) is 5.60 Å². The Bertz CT molecular complexity index is 1330. The summed E-state index contributed by atoms with van der Waals surface area (Å²) in [5.41, 5.74) is -5.52. The second-order valence-electron chi connectivity index (χ2n) is 8.06. The lowest BCUT2D eigenvalue weighted by Gasteiger charge is -2.34. The van der Waals surface area contributed by atoms with Crippen LogP contribution in [0.25, 0.3) is 10.9 Å². The van der Waals surface area contributed by atoms with E-state index < -0.39 is 29.1 Å². The van der Waals surface area contributed by atoms with E-state index in [9.17, 15) is 31.4 Å². The highest BCUT2D eigenvalue weighted by atomic mass is 35.5. The minimum absolute atomic E-state index is 0.0682. The Balaban J connectivity index is 2.00. The van der Waals surface area contributed by atoms with Crippen LogP contribution in [0.2, 0.25) is 5.02 Å². The maximum atomic E-state index is 13.4. The third-order valence-electron chi connectivity index (χ3n) is 5.99. The zero-order chi connectivity index (χ0) is 25.1. The molecule has 1 unspecified atom stereocenters. The van der Waals surface area contributed by atoms with Crippen molar-refractivity contribution in [3.05, 3.63) is 88.7 Å². The SMILES string of the molecule is Cc1cc2cc(C(O)(C(F)(F)F)C(F)(F)F)ccc2n1C(C)(c1cccc(Cl)c1)c1cocn1. The number of rotatable bonds is 4. The van der Waals surface area contributed by atoms with E-state index in [4.69, 9.17) is 16.0 Å². The molecule has 0 amide bonds. The van der Waals surface area contributed by atoms with E-state index in [-0.39, 0.29) is 5.39 Å². The summed E-state index contributed by atoms with van der Waals surface area (Å²) in [7, 11) is 0. The van der Waals surface area contributed by atoms with Crippen molar-refractivity contribution < 1.29 is 35.9 Å². The monoisotopic (exact) mass is 502 g/mol. The molecular formula is C23H17ClF6N2O2. The van der Waals surface area contributed by atoms with E-state index in [1.54, 1.807) is 42.7 Å². The number of halogens is 7. The van der Waals surface area contributed by atoms with Gasteiger partial charge in [0.2, 0.25) is 0 Å². The molecule has 0 aliphatic carbocycles. The average Bonchev–Trinajstić information content (AvgIpc) is 3.38. The number of aliphatic hydroxyl groups is 1. The number of benzene rings is 2. The van der Waals surface area contributed by atoms with Gasteiger partial charge in [0.1, 0.15) is 17.5 Å². The third-order valence-corrected chi connectivity index (χ3v) is 6.22. The summed E-state index contributed by atoms with van der Waals surface area (Å²) < 4.78 is 87.3. The first kappa shape index (κ1) is 24.2. The second-order valence-corrected chi connectivity index (χ2v) is 8.49. The Hall–Kier alpha value is -2.98. The highest BCUT2D eigenvalue weighted by Gasteiger charge is 2.71. The van der Waals surface area contributed by atoms with Gasteiger partial charge in [-0.2, -0.15) is 26.3 Å². The van der Waals surface area contributed by atoms with Crippen LogP contribution in [-0.4, -0.2) is 27.0 Å². The largest absolute Gasteiger partial charge is 0.451 e. The molecule has 1 N–H and O–H groups in total. The molecule has 0 radical (unpaired) electrons. The Morgan fingerprint density at radius 1 is 0.941 bits per heavy atom. The standard InChI is InChI=1S/C23H17ClF6N2O2/c1-13-8-14-9-16(21(33,22(25,26)27)23(28,29)30)6-7-18(14)32(13)20(2,19-11-34-12-31-19)15-4-3-5-17(24)10-15/h3-12,33H,1-2H3. The number of aryl methyl sites for hydroxylation is 1. The van der Waals surface area contributed by atoms with Crippen LogP contribution in [0.15, 0.2) is 65.6 Å². The normalized spacial score (nSPS) is 15.0. The van der Waals surface area contributed by atoms with Gasteiger partial charge in [-0.3, -0.25) is 0 Å². The van der Waals surface area contributed by atoms with Gasteiger partial charge in [0, 0.05) is 27.2 Å². The van der Waals surface area contributed by atoms with E-state index in [1.807, 2.05) is 0 Å². The maximum Gasteiger partial charge on any atom is 0.430 e. The van der Waals surface area contributed by atoms with Crippen molar-refractivity contribution in [1.29, 1.82) is 0 Å². The van der Waals surface area contributed by atoms with E-state index in [1.165, 1.54) is 18.7 Å². The van der Waals surface area contributed by atoms with Crippen molar-refractivity contribution in [3.8, 4) is 0 Å². The van der Waals surface area contributed by atoms with Crippen LogP contribution in [0.3, 0.4) is 0 Å². The number of hydrogen-bond acceptors (Lipinski definition) is 3. The van der Waals surface area contributed by atoms with Gasteiger partial charge in [-0.25, -0.2) is 4.98 Å². The minimum atomic E-state index is -5.98. The zero-order valence-electron chi connectivity index (χ0n) is 17.7. The van der Waals surface area contributed by atoms with Crippen LogP contribution in [-0.2, 0) is 11.1 Å². The Labute approximate surface area is 194 Å². The molecule has 0 aliphatic heterocycles. The van der Waals surface area contributed by atoms with Crippen molar-refractivity contribution in [2.45, 2.75) is 37.3 Å². The van der Waals surface area contributed by atoms with Gasteiger partial charge in [0.15, 0.2) is 6.39 Å². The van der Waals surface area contributed by atoms with Gasteiger partial charge in [-0.05, 0) is 49.7 Å². The Morgan fingerprint density at radius 2 is 1.62 bits per heavy atom.